The van der Waals surface area contributed by atoms with Crippen molar-refractivity contribution in [2.24, 2.45) is 11.8 Å². The molecule has 9 heteroatoms. The summed E-state index contributed by atoms with van der Waals surface area (Å²) in [6.45, 7) is 1.77. The van der Waals surface area contributed by atoms with Gasteiger partial charge in [0.25, 0.3) is 0 Å². The summed E-state index contributed by atoms with van der Waals surface area (Å²) in [7, 11) is 1.36. The van der Waals surface area contributed by atoms with Crippen LogP contribution >= 0.6 is 22.9 Å². The minimum Gasteiger partial charge on any atom is -0.469 e. The summed E-state index contributed by atoms with van der Waals surface area (Å²) in [6.07, 6.45) is 2.07. The first-order valence-corrected chi connectivity index (χ1v) is 13.4. The molecule has 1 heterocycles. The normalized spacial score (nSPS) is 17.9. The molecule has 0 saturated heterocycles. The number of halogens is 1. The highest BCUT2D eigenvalue weighted by atomic mass is 35.5. The second-order valence-electron chi connectivity index (χ2n) is 8.94. The van der Waals surface area contributed by atoms with Crippen LogP contribution in [0, 0.1) is 11.8 Å². The molecule has 37 heavy (non-hydrogen) atoms. The quantitative estimate of drug-likeness (QED) is 0.307. The largest absolute Gasteiger partial charge is 0.469 e. The molecule has 2 aromatic carbocycles. The third-order valence-corrected chi connectivity index (χ3v) is 7.86. The highest BCUT2D eigenvalue weighted by molar-refractivity contribution is 7.14. The molecular weight excluding hydrogens is 512 g/mol. The third-order valence-electron chi connectivity index (χ3n) is 6.55. The Balaban J connectivity index is 1.39. The van der Waals surface area contributed by atoms with E-state index in [0.29, 0.717) is 29.2 Å². The maximum Gasteiger partial charge on any atom is 0.412 e. The standard InChI is InChI=1S/C28H29ClN2O5S/c1-17(20-7-5-6-10-23(20)29)36-28(34)31-24-15-16-37-25(24)18-11-13-19(14-12-18)30-26(32)21-8-3-4-9-22(21)27(33)35-2/h5-7,10-17,21-22H,3-4,8-9H2,1-2H3,(H,30,32)(H,31,34)/t17-,21?,22?/m1/s1. The van der Waals surface area contributed by atoms with Gasteiger partial charge in [0.05, 0.1) is 29.5 Å². The number of hydrogen-bond donors (Lipinski definition) is 2. The van der Waals surface area contributed by atoms with E-state index in [0.717, 1.165) is 28.8 Å². The average Bonchev–Trinajstić information content (AvgIpc) is 3.36. The Kier molecular flexibility index (Phi) is 8.84. The molecule has 194 valence electrons. The fraction of sp³-hybridized carbons (Fsp3) is 0.321. The number of methoxy groups -OCH3 is 1. The van der Waals surface area contributed by atoms with Crippen molar-refractivity contribution in [3.05, 3.63) is 70.6 Å². The van der Waals surface area contributed by atoms with Gasteiger partial charge in [-0.15, -0.1) is 11.3 Å². The van der Waals surface area contributed by atoms with Crippen molar-refractivity contribution >= 4 is 52.3 Å². The Hall–Kier alpha value is -3.36. The first kappa shape index (κ1) is 26.7. The minimum atomic E-state index is -0.580. The van der Waals surface area contributed by atoms with Crippen molar-refractivity contribution in [1.29, 1.82) is 0 Å². The van der Waals surface area contributed by atoms with Crippen LogP contribution in [-0.2, 0) is 19.1 Å². The van der Waals surface area contributed by atoms with Gasteiger partial charge in [-0.1, -0.05) is 54.8 Å². The molecule has 2 unspecified atom stereocenters. The summed E-state index contributed by atoms with van der Waals surface area (Å²) in [6, 6.07) is 16.4. The molecule has 1 aromatic heterocycles. The Labute approximate surface area is 225 Å². The van der Waals surface area contributed by atoms with Crippen LogP contribution < -0.4 is 10.6 Å². The first-order valence-electron chi connectivity index (χ1n) is 12.2. The maximum atomic E-state index is 12.9. The van der Waals surface area contributed by atoms with E-state index >= 15 is 0 Å². The predicted octanol–water partition coefficient (Wildman–Crippen LogP) is 7.30. The monoisotopic (exact) mass is 540 g/mol. The lowest BCUT2D eigenvalue weighted by molar-refractivity contribution is -0.151. The number of rotatable bonds is 7. The molecule has 1 aliphatic rings. The molecule has 1 fully saturated rings. The van der Waals surface area contributed by atoms with E-state index < -0.39 is 24.0 Å². The van der Waals surface area contributed by atoms with Crippen LogP contribution in [0.1, 0.15) is 44.3 Å². The summed E-state index contributed by atoms with van der Waals surface area (Å²) < 4.78 is 10.4. The molecular formula is C28H29ClN2O5S. The van der Waals surface area contributed by atoms with Crippen LogP contribution in [0.15, 0.2) is 60.0 Å². The first-order chi connectivity index (χ1) is 17.9. The van der Waals surface area contributed by atoms with E-state index in [2.05, 4.69) is 10.6 Å². The zero-order chi connectivity index (χ0) is 26.4. The highest BCUT2D eigenvalue weighted by Crippen LogP contribution is 2.36. The third kappa shape index (κ3) is 6.50. The van der Waals surface area contributed by atoms with Gasteiger partial charge in [-0.25, -0.2) is 4.79 Å². The molecule has 0 spiro atoms. The number of hydrogen-bond acceptors (Lipinski definition) is 6. The van der Waals surface area contributed by atoms with Gasteiger partial charge in [-0.3, -0.25) is 14.9 Å². The molecule has 0 radical (unpaired) electrons. The topological polar surface area (TPSA) is 93.7 Å². The lowest BCUT2D eigenvalue weighted by Crippen LogP contribution is -2.36. The minimum absolute atomic E-state index is 0.170. The van der Waals surface area contributed by atoms with Crippen LogP contribution in [0.3, 0.4) is 0 Å². The zero-order valence-corrected chi connectivity index (χ0v) is 22.2. The van der Waals surface area contributed by atoms with Gasteiger partial charge in [0.2, 0.25) is 5.91 Å². The lowest BCUT2D eigenvalue weighted by Gasteiger charge is -2.28. The van der Waals surface area contributed by atoms with Crippen molar-refractivity contribution in [3.63, 3.8) is 0 Å². The molecule has 1 aliphatic carbocycles. The summed E-state index contributed by atoms with van der Waals surface area (Å²) >= 11 is 7.69. The Morgan fingerprint density at radius 3 is 2.38 bits per heavy atom. The fourth-order valence-electron chi connectivity index (χ4n) is 4.62. The van der Waals surface area contributed by atoms with Crippen molar-refractivity contribution < 1.29 is 23.9 Å². The number of thiophene rings is 1. The SMILES string of the molecule is COC(=O)C1CCCCC1C(=O)Nc1ccc(-c2sccc2NC(=O)O[C@H](C)c2ccccc2Cl)cc1. The van der Waals surface area contributed by atoms with Gasteiger partial charge < -0.3 is 14.8 Å². The Morgan fingerprint density at radius 1 is 0.973 bits per heavy atom. The van der Waals surface area contributed by atoms with Crippen molar-refractivity contribution in [2.75, 3.05) is 17.7 Å². The van der Waals surface area contributed by atoms with Crippen molar-refractivity contribution in [3.8, 4) is 10.4 Å². The van der Waals surface area contributed by atoms with Gasteiger partial charge >= 0.3 is 12.1 Å². The number of nitrogens with one attached hydrogen (secondary N) is 2. The second-order valence-corrected chi connectivity index (χ2v) is 10.3. The zero-order valence-electron chi connectivity index (χ0n) is 20.7. The summed E-state index contributed by atoms with van der Waals surface area (Å²) in [5.74, 6) is -1.30. The van der Waals surface area contributed by atoms with E-state index in [1.54, 1.807) is 13.0 Å². The van der Waals surface area contributed by atoms with Crippen LogP contribution in [0.2, 0.25) is 5.02 Å². The molecule has 4 rings (SSSR count). The fourth-order valence-corrected chi connectivity index (χ4v) is 5.77. The van der Waals surface area contributed by atoms with Crippen LogP contribution in [0.5, 0.6) is 0 Å². The molecule has 0 bridgehead atoms. The van der Waals surface area contributed by atoms with E-state index in [9.17, 15) is 14.4 Å². The van der Waals surface area contributed by atoms with Gasteiger partial charge in [0, 0.05) is 16.3 Å². The number of amides is 2. The number of ether oxygens (including phenoxy) is 2. The number of benzene rings is 2. The van der Waals surface area contributed by atoms with Gasteiger partial charge in [-0.2, -0.15) is 0 Å². The smallest absolute Gasteiger partial charge is 0.412 e. The second kappa shape index (κ2) is 12.3. The molecule has 7 nitrogen and oxygen atoms in total. The predicted molar refractivity (Wildman–Crippen MR) is 146 cm³/mol. The van der Waals surface area contributed by atoms with Crippen LogP contribution in [0.4, 0.5) is 16.2 Å². The number of anilines is 2. The summed E-state index contributed by atoms with van der Waals surface area (Å²) in [4.78, 5) is 38.4. The molecule has 3 aromatic rings. The van der Waals surface area contributed by atoms with Crippen molar-refractivity contribution in [2.45, 2.75) is 38.7 Å². The van der Waals surface area contributed by atoms with Crippen molar-refractivity contribution in [1.82, 2.24) is 0 Å². The van der Waals surface area contributed by atoms with Gasteiger partial charge in [0.1, 0.15) is 6.10 Å². The summed E-state index contributed by atoms with van der Waals surface area (Å²) in [5, 5.41) is 8.17. The molecule has 2 amide bonds. The Morgan fingerprint density at radius 2 is 1.68 bits per heavy atom. The number of carbonyl (C=O) groups excluding carboxylic acids is 3. The number of carbonyl (C=O) groups is 3. The van der Waals surface area contributed by atoms with Gasteiger partial charge in [-0.05, 0) is 55.0 Å². The molecule has 2 N–H and O–H groups in total. The summed E-state index contributed by atoms with van der Waals surface area (Å²) in [5.41, 5.74) is 2.88. The average molecular weight is 541 g/mol. The van der Waals surface area contributed by atoms with E-state index in [4.69, 9.17) is 21.1 Å². The van der Waals surface area contributed by atoms with E-state index in [1.165, 1.54) is 18.4 Å². The number of esters is 1. The van der Waals surface area contributed by atoms with E-state index in [1.807, 2.05) is 53.9 Å². The maximum absolute atomic E-state index is 12.9. The molecule has 0 aliphatic heterocycles. The molecule has 1 saturated carbocycles. The lowest BCUT2D eigenvalue weighted by atomic mass is 9.78. The molecule has 3 atom stereocenters. The van der Waals surface area contributed by atoms with Gasteiger partial charge in [0.15, 0.2) is 0 Å². The Bertz CT molecular complexity index is 1260. The van der Waals surface area contributed by atoms with Crippen LogP contribution in [-0.4, -0.2) is 25.1 Å². The van der Waals surface area contributed by atoms with Crippen LogP contribution in [0.25, 0.3) is 10.4 Å². The van der Waals surface area contributed by atoms with E-state index in [-0.39, 0.29) is 11.9 Å². The highest BCUT2D eigenvalue weighted by Gasteiger charge is 2.36.